The summed E-state index contributed by atoms with van der Waals surface area (Å²) in [5, 5.41) is 18.4. The Balaban J connectivity index is 3.85. The molecule has 0 aliphatic carbocycles. The Morgan fingerprint density at radius 1 is 1.25 bits per heavy atom. The summed E-state index contributed by atoms with van der Waals surface area (Å²) in [7, 11) is 3.92. The van der Waals surface area contributed by atoms with E-state index >= 15 is 0 Å². The number of aliphatic hydroxyl groups is 2. The summed E-state index contributed by atoms with van der Waals surface area (Å²) in [6.07, 6.45) is -0.831. The number of nitrogens with zero attached hydrogens (tertiary/aromatic N) is 1. The van der Waals surface area contributed by atoms with Gasteiger partial charge in [0.1, 0.15) is 25.3 Å². The Morgan fingerprint density at radius 3 is 2.08 bits per heavy atom. The molecule has 2 unspecified atom stereocenters. The number of quaternary nitrogens is 1. The highest BCUT2D eigenvalue weighted by Gasteiger charge is 2.21. The third-order valence-electron chi connectivity index (χ3n) is 1.64. The van der Waals surface area contributed by atoms with Gasteiger partial charge in [0, 0.05) is 0 Å². The highest BCUT2D eigenvalue weighted by Crippen LogP contribution is 2.03. The summed E-state index contributed by atoms with van der Waals surface area (Å²) in [6.45, 7) is 2.95. The molecule has 0 aliphatic rings. The Morgan fingerprint density at radius 2 is 1.75 bits per heavy atom. The fraction of sp³-hybridized carbons (Fsp3) is 1.00. The van der Waals surface area contributed by atoms with Crippen LogP contribution in [0.1, 0.15) is 6.92 Å². The zero-order valence-electron chi connectivity index (χ0n) is 8.00. The van der Waals surface area contributed by atoms with Gasteiger partial charge in [0.2, 0.25) is 0 Å². The van der Waals surface area contributed by atoms with Crippen LogP contribution < -0.4 is 0 Å². The van der Waals surface area contributed by atoms with Gasteiger partial charge >= 0.3 is 0 Å². The van der Waals surface area contributed by atoms with Gasteiger partial charge in [-0.1, -0.05) is 0 Å². The number of halogens is 1. The van der Waals surface area contributed by atoms with Crippen LogP contribution in [0.2, 0.25) is 0 Å². The second-order valence-corrected chi connectivity index (χ2v) is 4.27. The smallest absolute Gasteiger partial charge is 0.116 e. The number of likely N-dealkylation sites (N-methyl/N-ethyl adjacent to an activating group) is 1. The maximum absolute atomic E-state index is 9.28. The molecule has 4 heteroatoms. The topological polar surface area (TPSA) is 40.5 Å². The first-order chi connectivity index (χ1) is 5.37. The van der Waals surface area contributed by atoms with Crippen LogP contribution in [0.4, 0.5) is 0 Å². The Hall–Kier alpha value is 0.170. The van der Waals surface area contributed by atoms with Crippen LogP contribution in [-0.4, -0.2) is 60.0 Å². The monoisotopic (exact) mass is 196 g/mol. The maximum Gasteiger partial charge on any atom is 0.116 e. The zero-order valence-corrected chi connectivity index (χ0v) is 8.75. The van der Waals surface area contributed by atoms with Gasteiger partial charge < -0.3 is 14.7 Å². The van der Waals surface area contributed by atoms with Crippen molar-refractivity contribution in [3.05, 3.63) is 0 Å². The maximum atomic E-state index is 9.28. The van der Waals surface area contributed by atoms with Crippen molar-refractivity contribution in [2.45, 2.75) is 19.1 Å². The minimum atomic E-state index is -0.486. The molecule has 0 aromatic rings. The van der Waals surface area contributed by atoms with E-state index < -0.39 is 6.10 Å². The van der Waals surface area contributed by atoms with Crippen molar-refractivity contribution >= 4 is 11.6 Å². The van der Waals surface area contributed by atoms with Crippen molar-refractivity contribution in [1.29, 1.82) is 0 Å². The first kappa shape index (κ1) is 12.2. The third-order valence-corrected chi connectivity index (χ3v) is 2.00. The van der Waals surface area contributed by atoms with E-state index in [1.165, 1.54) is 0 Å². The lowest BCUT2D eigenvalue weighted by Crippen LogP contribution is -2.49. The highest BCUT2D eigenvalue weighted by atomic mass is 35.5. The molecule has 0 aromatic heterocycles. The van der Waals surface area contributed by atoms with E-state index in [0.29, 0.717) is 17.6 Å². The van der Waals surface area contributed by atoms with Gasteiger partial charge in [-0.15, -0.1) is 11.6 Å². The van der Waals surface area contributed by atoms with Crippen LogP contribution in [0.15, 0.2) is 0 Å². The van der Waals surface area contributed by atoms with Gasteiger partial charge in [-0.2, -0.15) is 0 Å². The quantitative estimate of drug-likeness (QED) is 0.482. The number of hydrogen-bond donors (Lipinski definition) is 2. The van der Waals surface area contributed by atoms with Crippen LogP contribution in [0, 0.1) is 0 Å². The molecule has 0 rings (SSSR count). The van der Waals surface area contributed by atoms with Crippen molar-refractivity contribution < 1.29 is 14.7 Å². The SMILES string of the molecule is CC(O)C[N+](C)(C)CC(O)CCl. The van der Waals surface area contributed by atoms with Crippen LogP contribution in [0.3, 0.4) is 0 Å². The minimum absolute atomic E-state index is 0.251. The summed E-state index contributed by atoms with van der Waals surface area (Å²) in [5.41, 5.74) is 0. The zero-order chi connectivity index (χ0) is 9.78. The number of alkyl halides is 1. The molecule has 0 bridgehead atoms. The van der Waals surface area contributed by atoms with Gasteiger partial charge in [0.15, 0.2) is 0 Å². The van der Waals surface area contributed by atoms with E-state index in [9.17, 15) is 5.11 Å². The molecule has 0 aromatic carbocycles. The van der Waals surface area contributed by atoms with Gasteiger partial charge in [-0.25, -0.2) is 0 Å². The van der Waals surface area contributed by atoms with Crippen molar-refractivity contribution in [2.75, 3.05) is 33.1 Å². The molecule has 0 fully saturated rings. The molecule has 0 saturated heterocycles. The van der Waals surface area contributed by atoms with Crippen molar-refractivity contribution in [2.24, 2.45) is 0 Å². The lowest BCUT2D eigenvalue weighted by atomic mass is 10.3. The van der Waals surface area contributed by atoms with Gasteiger partial charge in [0.05, 0.1) is 20.0 Å². The van der Waals surface area contributed by atoms with E-state index in [1.807, 2.05) is 14.1 Å². The molecule has 74 valence electrons. The first-order valence-electron chi connectivity index (χ1n) is 4.11. The van der Waals surface area contributed by atoms with E-state index in [1.54, 1.807) is 6.92 Å². The van der Waals surface area contributed by atoms with E-state index in [4.69, 9.17) is 16.7 Å². The summed E-state index contributed by atoms with van der Waals surface area (Å²) >= 11 is 5.47. The number of hydrogen-bond acceptors (Lipinski definition) is 2. The molecule has 0 heterocycles. The Kier molecular flexibility index (Phi) is 5.09. The standard InChI is InChI=1S/C8H19ClNO2/c1-7(11)5-10(2,3)6-8(12)4-9/h7-8,11-12H,4-6H2,1-3H3/q+1. The Bertz CT molecular complexity index is 128. The largest absolute Gasteiger partial charge is 0.388 e. The lowest BCUT2D eigenvalue weighted by Gasteiger charge is -2.32. The van der Waals surface area contributed by atoms with Crippen LogP contribution in [0.5, 0.6) is 0 Å². The van der Waals surface area contributed by atoms with Crippen molar-refractivity contribution in [3.8, 4) is 0 Å². The molecule has 12 heavy (non-hydrogen) atoms. The summed E-state index contributed by atoms with van der Waals surface area (Å²) < 4.78 is 0.589. The lowest BCUT2D eigenvalue weighted by molar-refractivity contribution is -0.895. The summed E-state index contributed by atoms with van der Waals surface area (Å²) in [4.78, 5) is 0. The van der Waals surface area contributed by atoms with Gasteiger partial charge in [-0.05, 0) is 6.92 Å². The Labute approximate surface area is 79.2 Å². The molecular weight excluding hydrogens is 178 g/mol. The van der Waals surface area contributed by atoms with Crippen LogP contribution in [-0.2, 0) is 0 Å². The molecule has 0 amide bonds. The van der Waals surface area contributed by atoms with Crippen LogP contribution >= 0.6 is 11.6 Å². The third kappa shape index (κ3) is 5.77. The number of aliphatic hydroxyl groups excluding tert-OH is 2. The van der Waals surface area contributed by atoms with Crippen molar-refractivity contribution in [3.63, 3.8) is 0 Å². The number of rotatable bonds is 5. The molecular formula is C8H19ClNO2+. The molecule has 0 spiro atoms. The van der Waals surface area contributed by atoms with E-state index in [0.717, 1.165) is 0 Å². The summed E-state index contributed by atoms with van der Waals surface area (Å²) in [6, 6.07) is 0. The molecule has 0 saturated carbocycles. The second-order valence-electron chi connectivity index (χ2n) is 3.96. The normalized spacial score (nSPS) is 17.5. The summed E-state index contributed by atoms with van der Waals surface area (Å²) in [5.74, 6) is 0.251. The average Bonchev–Trinajstić information content (AvgIpc) is 1.83. The van der Waals surface area contributed by atoms with E-state index in [2.05, 4.69) is 0 Å². The molecule has 2 N–H and O–H groups in total. The molecule has 0 aliphatic heterocycles. The predicted octanol–water partition coefficient (Wildman–Crippen LogP) is 0.0433. The minimum Gasteiger partial charge on any atom is -0.388 e. The van der Waals surface area contributed by atoms with Gasteiger partial charge in [-0.3, -0.25) is 0 Å². The first-order valence-corrected chi connectivity index (χ1v) is 4.65. The molecule has 2 atom stereocenters. The highest BCUT2D eigenvalue weighted by molar-refractivity contribution is 6.18. The van der Waals surface area contributed by atoms with Gasteiger partial charge in [0.25, 0.3) is 0 Å². The van der Waals surface area contributed by atoms with Crippen LogP contribution in [0.25, 0.3) is 0 Å². The fourth-order valence-corrected chi connectivity index (χ4v) is 1.51. The molecule has 3 nitrogen and oxygen atoms in total. The predicted molar refractivity (Wildman–Crippen MR) is 50.3 cm³/mol. The average molecular weight is 197 g/mol. The van der Waals surface area contributed by atoms with Crippen molar-refractivity contribution in [1.82, 2.24) is 0 Å². The van der Waals surface area contributed by atoms with E-state index in [-0.39, 0.29) is 12.0 Å². The fourth-order valence-electron chi connectivity index (χ4n) is 1.41. The molecule has 0 radical (unpaired) electrons. The second kappa shape index (κ2) is 5.02.